The molecule has 0 aliphatic carbocycles. The van der Waals surface area contributed by atoms with E-state index >= 15 is 0 Å². The topological polar surface area (TPSA) is 68.3 Å². The third kappa shape index (κ3) is 2.77. The Balaban J connectivity index is 2.29. The Hall–Kier alpha value is -1.66. The molecule has 1 amide bonds. The minimum absolute atomic E-state index is 0.214. The molecule has 0 atom stereocenters. The molecule has 2 rings (SSSR count). The number of halogens is 1. The van der Waals surface area contributed by atoms with E-state index in [9.17, 15) is 4.79 Å². The molecule has 6 heteroatoms. The zero-order valence-corrected chi connectivity index (χ0v) is 11.5. The second-order valence-electron chi connectivity index (χ2n) is 3.49. The van der Waals surface area contributed by atoms with Crippen LogP contribution in [0, 0.1) is 0 Å². The van der Waals surface area contributed by atoms with Crippen molar-refractivity contribution < 1.29 is 9.21 Å². The molecule has 0 saturated carbocycles. The SMILES string of the molecule is NC(=S)c1cc(Br)ccc1NC(=O)c1ccco1. The van der Waals surface area contributed by atoms with Gasteiger partial charge in [-0.1, -0.05) is 28.1 Å². The number of rotatable bonds is 3. The Morgan fingerprint density at radius 1 is 1.39 bits per heavy atom. The quantitative estimate of drug-likeness (QED) is 0.852. The first-order chi connectivity index (χ1) is 8.58. The summed E-state index contributed by atoms with van der Waals surface area (Å²) in [4.78, 5) is 12.0. The summed E-state index contributed by atoms with van der Waals surface area (Å²) in [5.74, 6) is -0.119. The third-order valence-corrected chi connectivity index (χ3v) is 2.95. The van der Waals surface area contributed by atoms with Crippen LogP contribution in [-0.2, 0) is 0 Å². The highest BCUT2D eigenvalue weighted by molar-refractivity contribution is 9.10. The number of nitrogens with one attached hydrogen (secondary N) is 1. The smallest absolute Gasteiger partial charge is 0.291 e. The van der Waals surface area contributed by atoms with Crippen molar-refractivity contribution in [2.45, 2.75) is 0 Å². The fourth-order valence-electron chi connectivity index (χ4n) is 1.42. The minimum atomic E-state index is -0.347. The number of thiocarbonyl (C=S) groups is 1. The van der Waals surface area contributed by atoms with Crippen molar-refractivity contribution in [1.29, 1.82) is 0 Å². The molecule has 0 fully saturated rings. The number of carbonyl (C=O) groups excluding carboxylic acids is 1. The van der Waals surface area contributed by atoms with Crippen molar-refractivity contribution >= 4 is 44.7 Å². The van der Waals surface area contributed by atoms with E-state index in [0.717, 1.165) is 4.47 Å². The lowest BCUT2D eigenvalue weighted by molar-refractivity contribution is 0.0996. The molecular formula is C12H9BrN2O2S. The van der Waals surface area contributed by atoms with E-state index in [4.69, 9.17) is 22.4 Å². The van der Waals surface area contributed by atoms with Crippen LogP contribution in [0.15, 0.2) is 45.5 Å². The van der Waals surface area contributed by atoms with E-state index in [1.165, 1.54) is 6.26 Å². The van der Waals surface area contributed by atoms with Gasteiger partial charge in [-0.3, -0.25) is 4.79 Å². The lowest BCUT2D eigenvalue weighted by Crippen LogP contribution is -2.17. The third-order valence-electron chi connectivity index (χ3n) is 2.24. The highest BCUT2D eigenvalue weighted by Crippen LogP contribution is 2.21. The number of anilines is 1. The van der Waals surface area contributed by atoms with Crippen LogP contribution in [0.4, 0.5) is 5.69 Å². The van der Waals surface area contributed by atoms with Gasteiger partial charge in [0.25, 0.3) is 5.91 Å². The molecule has 2 aromatic rings. The minimum Gasteiger partial charge on any atom is -0.459 e. The second kappa shape index (κ2) is 5.32. The van der Waals surface area contributed by atoms with Crippen LogP contribution in [0.2, 0.25) is 0 Å². The maximum atomic E-state index is 11.8. The molecule has 18 heavy (non-hydrogen) atoms. The summed E-state index contributed by atoms with van der Waals surface area (Å²) >= 11 is 8.27. The molecule has 0 radical (unpaired) electrons. The lowest BCUT2D eigenvalue weighted by Gasteiger charge is -2.09. The van der Waals surface area contributed by atoms with Gasteiger partial charge in [-0.2, -0.15) is 0 Å². The van der Waals surface area contributed by atoms with Crippen LogP contribution in [0.25, 0.3) is 0 Å². The van der Waals surface area contributed by atoms with E-state index in [-0.39, 0.29) is 16.7 Å². The van der Waals surface area contributed by atoms with Gasteiger partial charge in [0.15, 0.2) is 5.76 Å². The average molecular weight is 325 g/mol. The Kier molecular flexibility index (Phi) is 3.78. The first kappa shape index (κ1) is 12.8. The first-order valence-electron chi connectivity index (χ1n) is 5.02. The van der Waals surface area contributed by atoms with Crippen molar-refractivity contribution in [2.24, 2.45) is 5.73 Å². The predicted molar refractivity (Wildman–Crippen MR) is 76.7 cm³/mol. The molecule has 0 bridgehead atoms. The van der Waals surface area contributed by atoms with Gasteiger partial charge in [-0.25, -0.2) is 0 Å². The summed E-state index contributed by atoms with van der Waals surface area (Å²) in [5.41, 5.74) is 6.76. The highest BCUT2D eigenvalue weighted by Gasteiger charge is 2.12. The number of carbonyl (C=O) groups is 1. The largest absolute Gasteiger partial charge is 0.459 e. The summed E-state index contributed by atoms with van der Waals surface area (Å²) < 4.78 is 5.84. The van der Waals surface area contributed by atoms with Crippen molar-refractivity contribution in [2.75, 3.05) is 5.32 Å². The highest BCUT2D eigenvalue weighted by atomic mass is 79.9. The second-order valence-corrected chi connectivity index (χ2v) is 4.84. The Labute approximate surface area is 117 Å². The van der Waals surface area contributed by atoms with Crippen molar-refractivity contribution in [3.05, 3.63) is 52.4 Å². The van der Waals surface area contributed by atoms with Crippen molar-refractivity contribution in [1.82, 2.24) is 0 Å². The van der Waals surface area contributed by atoms with E-state index in [1.807, 2.05) is 0 Å². The number of amides is 1. The normalized spacial score (nSPS) is 10.1. The van der Waals surface area contributed by atoms with Crippen LogP contribution >= 0.6 is 28.1 Å². The zero-order chi connectivity index (χ0) is 13.1. The molecule has 0 saturated heterocycles. The van der Waals surface area contributed by atoms with Crippen LogP contribution in [0.1, 0.15) is 16.1 Å². The van der Waals surface area contributed by atoms with E-state index in [0.29, 0.717) is 11.3 Å². The van der Waals surface area contributed by atoms with Gasteiger partial charge in [0.05, 0.1) is 12.0 Å². The monoisotopic (exact) mass is 324 g/mol. The first-order valence-corrected chi connectivity index (χ1v) is 6.22. The summed E-state index contributed by atoms with van der Waals surface area (Å²) in [6.07, 6.45) is 1.44. The molecule has 0 spiro atoms. The maximum absolute atomic E-state index is 11.8. The van der Waals surface area contributed by atoms with E-state index in [1.54, 1.807) is 30.3 Å². The summed E-state index contributed by atoms with van der Waals surface area (Å²) in [6.45, 7) is 0. The molecule has 0 aliphatic rings. The van der Waals surface area contributed by atoms with Gasteiger partial charge in [0.1, 0.15) is 4.99 Å². The molecule has 1 heterocycles. The number of hydrogen-bond acceptors (Lipinski definition) is 3. The lowest BCUT2D eigenvalue weighted by atomic mass is 10.1. The Morgan fingerprint density at radius 3 is 2.78 bits per heavy atom. The molecule has 4 nitrogen and oxygen atoms in total. The Morgan fingerprint density at radius 2 is 2.17 bits per heavy atom. The number of nitrogens with two attached hydrogens (primary N) is 1. The van der Waals surface area contributed by atoms with Gasteiger partial charge in [-0.15, -0.1) is 0 Å². The summed E-state index contributed by atoms with van der Waals surface area (Å²) in [5, 5.41) is 2.70. The van der Waals surface area contributed by atoms with Gasteiger partial charge >= 0.3 is 0 Å². The molecule has 92 valence electrons. The van der Waals surface area contributed by atoms with E-state index < -0.39 is 0 Å². The predicted octanol–water partition coefficient (Wildman–Crippen LogP) is 2.93. The molecular weight excluding hydrogens is 316 g/mol. The summed E-state index contributed by atoms with van der Waals surface area (Å²) in [7, 11) is 0. The molecule has 0 aliphatic heterocycles. The molecule has 1 aromatic heterocycles. The average Bonchev–Trinajstić information content (AvgIpc) is 2.84. The molecule has 1 aromatic carbocycles. The van der Waals surface area contributed by atoms with E-state index in [2.05, 4.69) is 21.2 Å². The van der Waals surface area contributed by atoms with Gasteiger partial charge in [0.2, 0.25) is 0 Å². The molecule has 0 unspecified atom stereocenters. The van der Waals surface area contributed by atoms with Crippen LogP contribution < -0.4 is 11.1 Å². The van der Waals surface area contributed by atoms with Crippen molar-refractivity contribution in [3.8, 4) is 0 Å². The number of furan rings is 1. The maximum Gasteiger partial charge on any atom is 0.291 e. The zero-order valence-electron chi connectivity index (χ0n) is 9.14. The van der Waals surface area contributed by atoms with Crippen LogP contribution in [0.3, 0.4) is 0 Å². The Bertz CT molecular complexity index is 596. The summed E-state index contributed by atoms with van der Waals surface area (Å²) in [6, 6.07) is 8.48. The van der Waals surface area contributed by atoms with Gasteiger partial charge in [0, 0.05) is 10.0 Å². The molecule has 3 N–H and O–H groups in total. The fraction of sp³-hybridized carbons (Fsp3) is 0. The van der Waals surface area contributed by atoms with Crippen molar-refractivity contribution in [3.63, 3.8) is 0 Å². The fourth-order valence-corrected chi connectivity index (χ4v) is 1.95. The number of benzene rings is 1. The standard InChI is InChI=1S/C12H9BrN2O2S/c13-7-3-4-9(8(6-7)11(14)18)15-12(16)10-2-1-5-17-10/h1-6H,(H2,14,18)(H,15,16). The van der Waals surface area contributed by atoms with Crippen LogP contribution in [0.5, 0.6) is 0 Å². The van der Waals surface area contributed by atoms with Gasteiger partial charge < -0.3 is 15.5 Å². The van der Waals surface area contributed by atoms with Crippen LogP contribution in [-0.4, -0.2) is 10.9 Å². The van der Waals surface area contributed by atoms with Gasteiger partial charge in [-0.05, 0) is 30.3 Å². The number of hydrogen-bond donors (Lipinski definition) is 2.